The van der Waals surface area contributed by atoms with Gasteiger partial charge in [0.05, 0.1) is 18.3 Å². The molecule has 0 bridgehead atoms. The molecule has 1 aliphatic carbocycles. The Hall–Kier alpha value is -3.13. The van der Waals surface area contributed by atoms with Crippen LogP contribution in [0.15, 0.2) is 42.6 Å². The molecule has 8 nitrogen and oxygen atoms in total. The maximum Gasteiger partial charge on any atom is 0.318 e. The van der Waals surface area contributed by atoms with Crippen molar-refractivity contribution in [3.63, 3.8) is 0 Å². The lowest BCUT2D eigenvalue weighted by atomic mass is 10.0. The van der Waals surface area contributed by atoms with Crippen LogP contribution in [0.4, 0.5) is 4.79 Å². The number of rotatable bonds is 9. The number of fused-ring (bicyclic) bond motifs is 1. The van der Waals surface area contributed by atoms with Crippen LogP contribution in [0.25, 0.3) is 16.6 Å². The smallest absolute Gasteiger partial charge is 0.318 e. The SMILES string of the molecule is CCN(C)CCC(C)COC1=CC(NC(=O)N2CC=C(c3ncnc4[nH]cc(C)c34)CC2)CC=C1. The Morgan fingerprint density at radius 3 is 3.03 bits per heavy atom. The van der Waals surface area contributed by atoms with Gasteiger partial charge in [-0.05, 0) is 75.5 Å². The fourth-order valence-corrected chi connectivity index (χ4v) is 4.45. The van der Waals surface area contributed by atoms with Crippen molar-refractivity contribution < 1.29 is 9.53 Å². The number of H-pyrrole nitrogens is 1. The largest absolute Gasteiger partial charge is 0.494 e. The molecular weight excluding hydrogens is 440 g/mol. The number of carbonyl (C=O) groups is 1. The van der Waals surface area contributed by atoms with Gasteiger partial charge in [0.2, 0.25) is 0 Å². The Morgan fingerprint density at radius 2 is 2.26 bits per heavy atom. The van der Waals surface area contributed by atoms with Crippen LogP contribution in [0.2, 0.25) is 0 Å². The van der Waals surface area contributed by atoms with Crippen LogP contribution >= 0.6 is 0 Å². The van der Waals surface area contributed by atoms with Crippen molar-refractivity contribution in [3.8, 4) is 0 Å². The highest BCUT2D eigenvalue weighted by molar-refractivity contribution is 5.91. The molecule has 3 heterocycles. The molecular formula is C27H38N6O2. The van der Waals surface area contributed by atoms with E-state index in [1.54, 1.807) is 6.33 Å². The molecule has 2 N–H and O–H groups in total. The minimum atomic E-state index is -0.0570. The number of amides is 2. The van der Waals surface area contributed by atoms with E-state index in [0.29, 0.717) is 25.6 Å². The fourth-order valence-electron chi connectivity index (χ4n) is 4.45. The van der Waals surface area contributed by atoms with Crippen molar-refractivity contribution in [1.29, 1.82) is 0 Å². The van der Waals surface area contributed by atoms with E-state index in [-0.39, 0.29) is 12.1 Å². The normalized spacial score (nSPS) is 19.0. The number of aromatic nitrogens is 3. The van der Waals surface area contributed by atoms with Gasteiger partial charge < -0.3 is 24.8 Å². The maximum atomic E-state index is 12.9. The molecule has 0 saturated carbocycles. The Bertz CT molecular complexity index is 1120. The summed E-state index contributed by atoms with van der Waals surface area (Å²) in [4.78, 5) is 29.2. The minimum Gasteiger partial charge on any atom is -0.494 e. The van der Waals surface area contributed by atoms with Crippen molar-refractivity contribution >= 4 is 22.6 Å². The van der Waals surface area contributed by atoms with E-state index >= 15 is 0 Å². The lowest BCUT2D eigenvalue weighted by Gasteiger charge is -2.29. The first-order chi connectivity index (χ1) is 16.9. The second-order valence-electron chi connectivity index (χ2n) is 9.71. The molecule has 2 atom stereocenters. The number of aromatic amines is 1. The number of hydrogen-bond acceptors (Lipinski definition) is 5. The Balaban J connectivity index is 1.29. The molecule has 8 heteroatoms. The summed E-state index contributed by atoms with van der Waals surface area (Å²) in [5, 5.41) is 4.22. The van der Waals surface area contributed by atoms with Crippen molar-refractivity contribution in [2.24, 2.45) is 5.92 Å². The third-order valence-electron chi connectivity index (χ3n) is 6.89. The summed E-state index contributed by atoms with van der Waals surface area (Å²) in [7, 11) is 2.14. The van der Waals surface area contributed by atoms with Gasteiger partial charge in [0.25, 0.3) is 0 Å². The summed E-state index contributed by atoms with van der Waals surface area (Å²) in [6.45, 7) is 10.5. The molecule has 1 aliphatic heterocycles. The molecule has 2 amide bonds. The van der Waals surface area contributed by atoms with Gasteiger partial charge in [0.15, 0.2) is 0 Å². The van der Waals surface area contributed by atoms with Gasteiger partial charge in [-0.1, -0.05) is 26.0 Å². The maximum absolute atomic E-state index is 12.9. The third-order valence-corrected chi connectivity index (χ3v) is 6.89. The van der Waals surface area contributed by atoms with Gasteiger partial charge in [0, 0.05) is 24.7 Å². The number of nitrogens with one attached hydrogen (secondary N) is 2. The topological polar surface area (TPSA) is 86.4 Å². The van der Waals surface area contributed by atoms with Crippen molar-refractivity contribution in [2.45, 2.75) is 46.1 Å². The van der Waals surface area contributed by atoms with Gasteiger partial charge in [0.1, 0.15) is 17.7 Å². The standard InChI is InChI=1S/C27H38N6O2/c1-5-32(4)12-9-19(2)17-35-23-8-6-7-22(15-23)31-27(34)33-13-10-21(11-14-33)25-24-20(3)16-28-26(24)30-18-29-25/h6,8,10,15-16,18-19,22H,5,7,9,11-14,17H2,1-4H3,(H,31,34)(H,28,29,30). The predicted molar refractivity (Wildman–Crippen MR) is 140 cm³/mol. The van der Waals surface area contributed by atoms with Gasteiger partial charge in [-0.15, -0.1) is 0 Å². The lowest BCUT2D eigenvalue weighted by Crippen LogP contribution is -2.46. The predicted octanol–water partition coefficient (Wildman–Crippen LogP) is 4.27. The highest BCUT2D eigenvalue weighted by atomic mass is 16.5. The number of allylic oxidation sites excluding steroid dienone is 1. The second-order valence-corrected chi connectivity index (χ2v) is 9.71. The average Bonchev–Trinajstić information content (AvgIpc) is 3.27. The molecule has 0 saturated heterocycles. The number of carbonyl (C=O) groups excluding carboxylic acids is 1. The van der Waals surface area contributed by atoms with Crippen LogP contribution in [0.3, 0.4) is 0 Å². The van der Waals surface area contributed by atoms with E-state index in [0.717, 1.165) is 60.4 Å². The van der Waals surface area contributed by atoms with E-state index in [1.165, 1.54) is 5.57 Å². The molecule has 0 fully saturated rings. The van der Waals surface area contributed by atoms with E-state index in [9.17, 15) is 4.79 Å². The summed E-state index contributed by atoms with van der Waals surface area (Å²) in [6.07, 6.45) is 14.4. The summed E-state index contributed by atoms with van der Waals surface area (Å²) in [6, 6.07) is -0.101. The Morgan fingerprint density at radius 1 is 1.40 bits per heavy atom. The monoisotopic (exact) mass is 478 g/mol. The first kappa shape index (κ1) is 25.0. The lowest BCUT2D eigenvalue weighted by molar-refractivity contribution is 0.166. The van der Waals surface area contributed by atoms with E-state index in [4.69, 9.17) is 4.74 Å². The molecule has 2 aliphatic rings. The summed E-state index contributed by atoms with van der Waals surface area (Å²) < 4.78 is 6.04. The van der Waals surface area contributed by atoms with E-state index in [2.05, 4.69) is 65.1 Å². The second kappa shape index (κ2) is 11.5. The summed E-state index contributed by atoms with van der Waals surface area (Å²) >= 11 is 0. The number of ether oxygens (including phenoxy) is 1. The first-order valence-corrected chi connectivity index (χ1v) is 12.7. The first-order valence-electron chi connectivity index (χ1n) is 12.7. The van der Waals surface area contributed by atoms with Gasteiger partial charge >= 0.3 is 6.03 Å². The average molecular weight is 479 g/mol. The van der Waals surface area contributed by atoms with Crippen LogP contribution < -0.4 is 5.32 Å². The zero-order chi connectivity index (χ0) is 24.8. The molecule has 4 rings (SSSR count). The number of urea groups is 1. The van der Waals surface area contributed by atoms with Crippen molar-refractivity contribution in [3.05, 3.63) is 53.8 Å². The van der Waals surface area contributed by atoms with E-state index in [1.807, 2.05) is 23.2 Å². The number of aryl methyl sites for hydroxylation is 1. The van der Waals surface area contributed by atoms with Gasteiger partial charge in [-0.2, -0.15) is 0 Å². The molecule has 2 unspecified atom stereocenters. The van der Waals surface area contributed by atoms with Gasteiger partial charge in [-0.25, -0.2) is 14.8 Å². The molecule has 188 valence electrons. The minimum absolute atomic E-state index is 0.0437. The quantitative estimate of drug-likeness (QED) is 0.562. The van der Waals surface area contributed by atoms with E-state index < -0.39 is 0 Å². The van der Waals surface area contributed by atoms with Crippen LogP contribution in [-0.4, -0.2) is 76.7 Å². The summed E-state index contributed by atoms with van der Waals surface area (Å²) in [5.41, 5.74) is 4.12. The molecule has 35 heavy (non-hydrogen) atoms. The van der Waals surface area contributed by atoms with Crippen molar-refractivity contribution in [2.75, 3.05) is 39.8 Å². The highest BCUT2D eigenvalue weighted by Crippen LogP contribution is 2.28. The molecule has 2 aromatic rings. The fraction of sp³-hybridized carbons (Fsp3) is 0.519. The summed E-state index contributed by atoms with van der Waals surface area (Å²) in [5.74, 6) is 1.32. The highest BCUT2D eigenvalue weighted by Gasteiger charge is 2.23. The van der Waals surface area contributed by atoms with Gasteiger partial charge in [-0.3, -0.25) is 0 Å². The Labute approximate surface area is 208 Å². The number of hydrogen-bond donors (Lipinski definition) is 2. The molecule has 0 spiro atoms. The third kappa shape index (κ3) is 6.31. The van der Waals surface area contributed by atoms with Crippen LogP contribution in [0.1, 0.15) is 44.4 Å². The van der Waals surface area contributed by atoms with Crippen LogP contribution in [0.5, 0.6) is 0 Å². The molecule has 0 radical (unpaired) electrons. The molecule has 0 aromatic carbocycles. The Kier molecular flexibility index (Phi) is 8.23. The molecule has 2 aromatic heterocycles. The number of nitrogens with zero attached hydrogens (tertiary/aromatic N) is 4. The van der Waals surface area contributed by atoms with Crippen LogP contribution in [0, 0.1) is 12.8 Å². The van der Waals surface area contributed by atoms with Crippen molar-refractivity contribution in [1.82, 2.24) is 30.1 Å². The zero-order valence-corrected chi connectivity index (χ0v) is 21.4. The van der Waals surface area contributed by atoms with Crippen LogP contribution in [-0.2, 0) is 4.74 Å². The zero-order valence-electron chi connectivity index (χ0n) is 21.4.